The second kappa shape index (κ2) is 7.68. The number of guanidine groups is 1. The molecule has 1 atom stereocenters. The van der Waals surface area contributed by atoms with Crippen molar-refractivity contribution in [2.75, 3.05) is 20.2 Å². The number of nitrogens with one attached hydrogen (secondary N) is 2. The van der Waals surface area contributed by atoms with Gasteiger partial charge in [0, 0.05) is 13.2 Å². The minimum Gasteiger partial charge on any atom is -0.486 e. The molecule has 2 aromatic rings. The highest BCUT2D eigenvalue weighted by atomic mass is 16.6. The Balaban J connectivity index is 1.49. The van der Waals surface area contributed by atoms with E-state index >= 15 is 0 Å². The topological polar surface area (TPSA) is 67.8 Å². The molecule has 1 aromatic heterocycles. The molecule has 1 aliphatic heterocycles. The van der Waals surface area contributed by atoms with Crippen LogP contribution in [0.5, 0.6) is 11.5 Å². The van der Waals surface area contributed by atoms with Crippen molar-refractivity contribution < 1.29 is 9.47 Å². The Morgan fingerprint density at radius 1 is 1.21 bits per heavy atom. The number of nitrogens with zero attached hydrogens (tertiary/aromatic N) is 2. The van der Waals surface area contributed by atoms with Crippen molar-refractivity contribution in [2.45, 2.75) is 19.6 Å². The first-order valence-corrected chi connectivity index (χ1v) is 8.00. The summed E-state index contributed by atoms with van der Waals surface area (Å²) in [6, 6.07) is 11.7. The summed E-state index contributed by atoms with van der Waals surface area (Å²) in [5.41, 5.74) is 2.16. The lowest BCUT2D eigenvalue weighted by Gasteiger charge is -2.27. The zero-order chi connectivity index (χ0) is 16.8. The van der Waals surface area contributed by atoms with Crippen LogP contribution >= 0.6 is 0 Å². The van der Waals surface area contributed by atoms with Crippen molar-refractivity contribution in [3.63, 3.8) is 0 Å². The first-order valence-electron chi connectivity index (χ1n) is 8.00. The van der Waals surface area contributed by atoms with E-state index in [1.54, 1.807) is 13.2 Å². The van der Waals surface area contributed by atoms with Gasteiger partial charge in [0.15, 0.2) is 17.5 Å². The van der Waals surface area contributed by atoms with Gasteiger partial charge in [-0.25, -0.2) is 0 Å². The van der Waals surface area contributed by atoms with E-state index in [-0.39, 0.29) is 6.10 Å². The molecular weight excluding hydrogens is 304 g/mol. The average molecular weight is 326 g/mol. The van der Waals surface area contributed by atoms with Gasteiger partial charge in [-0.05, 0) is 30.7 Å². The van der Waals surface area contributed by atoms with E-state index in [4.69, 9.17) is 9.47 Å². The molecule has 0 radical (unpaired) electrons. The number of pyridine rings is 1. The van der Waals surface area contributed by atoms with E-state index in [1.807, 2.05) is 43.3 Å². The van der Waals surface area contributed by atoms with Crippen molar-refractivity contribution in [2.24, 2.45) is 4.99 Å². The number of fused-ring (bicyclic) bond motifs is 1. The van der Waals surface area contributed by atoms with E-state index < -0.39 is 0 Å². The van der Waals surface area contributed by atoms with Gasteiger partial charge in [-0.15, -0.1) is 0 Å². The quantitative estimate of drug-likeness (QED) is 0.663. The van der Waals surface area contributed by atoms with Crippen LogP contribution in [-0.4, -0.2) is 37.2 Å². The maximum atomic E-state index is 5.93. The fourth-order valence-corrected chi connectivity index (χ4v) is 2.47. The molecule has 0 amide bonds. The third-order valence-electron chi connectivity index (χ3n) is 3.83. The third kappa shape index (κ3) is 3.95. The molecule has 24 heavy (non-hydrogen) atoms. The minimum absolute atomic E-state index is 0.0602. The van der Waals surface area contributed by atoms with Crippen LogP contribution in [0.15, 0.2) is 47.6 Å². The van der Waals surface area contributed by atoms with Crippen LogP contribution in [0, 0.1) is 6.92 Å². The number of aliphatic imine (C=N–C) groups is 1. The maximum Gasteiger partial charge on any atom is 0.191 e. The van der Waals surface area contributed by atoms with Gasteiger partial charge in [-0.2, -0.15) is 0 Å². The van der Waals surface area contributed by atoms with Crippen LogP contribution in [0.3, 0.4) is 0 Å². The summed E-state index contributed by atoms with van der Waals surface area (Å²) in [6.07, 6.45) is 1.74. The Labute approximate surface area is 141 Å². The van der Waals surface area contributed by atoms with Gasteiger partial charge < -0.3 is 20.1 Å². The summed E-state index contributed by atoms with van der Waals surface area (Å²) in [5, 5.41) is 6.53. The largest absolute Gasteiger partial charge is 0.486 e. The number of ether oxygens (including phenoxy) is 2. The van der Waals surface area contributed by atoms with Crippen LogP contribution in [-0.2, 0) is 6.54 Å². The van der Waals surface area contributed by atoms with Crippen LogP contribution in [0.4, 0.5) is 0 Å². The Morgan fingerprint density at radius 3 is 2.83 bits per heavy atom. The number of hydrogen-bond acceptors (Lipinski definition) is 4. The molecule has 0 aliphatic carbocycles. The second-order valence-corrected chi connectivity index (χ2v) is 5.57. The zero-order valence-corrected chi connectivity index (χ0v) is 14.0. The van der Waals surface area contributed by atoms with E-state index in [0.717, 1.165) is 22.8 Å². The van der Waals surface area contributed by atoms with Crippen molar-refractivity contribution >= 4 is 5.96 Å². The van der Waals surface area contributed by atoms with Crippen molar-refractivity contribution in [1.82, 2.24) is 15.6 Å². The van der Waals surface area contributed by atoms with Crippen molar-refractivity contribution in [1.29, 1.82) is 0 Å². The molecule has 0 spiro atoms. The maximum absolute atomic E-state index is 5.93. The number of benzene rings is 1. The lowest BCUT2D eigenvalue weighted by Crippen LogP contribution is -2.45. The van der Waals surface area contributed by atoms with Gasteiger partial charge in [0.2, 0.25) is 0 Å². The predicted octanol–water partition coefficient (Wildman–Crippen LogP) is 1.90. The summed E-state index contributed by atoms with van der Waals surface area (Å²) < 4.78 is 11.6. The van der Waals surface area contributed by atoms with Gasteiger partial charge >= 0.3 is 0 Å². The fourth-order valence-electron chi connectivity index (χ4n) is 2.47. The zero-order valence-electron chi connectivity index (χ0n) is 14.0. The van der Waals surface area contributed by atoms with E-state index in [1.165, 1.54) is 0 Å². The fraction of sp³-hybridized carbons (Fsp3) is 0.333. The van der Waals surface area contributed by atoms with Crippen LogP contribution < -0.4 is 20.1 Å². The van der Waals surface area contributed by atoms with Gasteiger partial charge in [-0.1, -0.05) is 18.2 Å². The molecule has 126 valence electrons. The number of aryl methyl sites for hydroxylation is 1. The molecule has 6 nitrogen and oxygen atoms in total. The first-order chi connectivity index (χ1) is 11.8. The molecule has 2 N–H and O–H groups in total. The van der Waals surface area contributed by atoms with Gasteiger partial charge in [0.05, 0.1) is 18.8 Å². The van der Waals surface area contributed by atoms with Crippen molar-refractivity contribution in [3.8, 4) is 11.5 Å². The standard InChI is InChI=1S/C18H22N4O2/c1-13-6-5-9-20-15(13)11-22-18(19-2)21-10-14-12-23-16-7-3-4-8-17(16)24-14/h3-9,14H,10-12H2,1-2H3,(H2,19,21,22). The molecule has 0 saturated heterocycles. The highest BCUT2D eigenvalue weighted by molar-refractivity contribution is 5.79. The van der Waals surface area contributed by atoms with E-state index in [2.05, 4.69) is 20.6 Å². The van der Waals surface area contributed by atoms with Gasteiger partial charge in [0.1, 0.15) is 12.7 Å². The number of rotatable bonds is 4. The average Bonchev–Trinajstić information content (AvgIpc) is 2.63. The van der Waals surface area contributed by atoms with E-state index in [0.29, 0.717) is 25.7 Å². The Morgan fingerprint density at radius 2 is 2.04 bits per heavy atom. The second-order valence-electron chi connectivity index (χ2n) is 5.57. The molecule has 1 unspecified atom stereocenters. The van der Waals surface area contributed by atoms with Gasteiger partial charge in [-0.3, -0.25) is 9.98 Å². The van der Waals surface area contributed by atoms with Crippen LogP contribution in [0.2, 0.25) is 0 Å². The summed E-state index contributed by atoms with van der Waals surface area (Å²) in [6.45, 7) is 3.79. The summed E-state index contributed by atoms with van der Waals surface area (Å²) in [5.74, 6) is 2.28. The molecule has 6 heteroatoms. The summed E-state index contributed by atoms with van der Waals surface area (Å²) in [7, 11) is 1.74. The molecule has 2 heterocycles. The molecule has 0 fully saturated rings. The minimum atomic E-state index is -0.0602. The van der Waals surface area contributed by atoms with Crippen LogP contribution in [0.1, 0.15) is 11.3 Å². The monoisotopic (exact) mass is 326 g/mol. The molecule has 1 aromatic carbocycles. The summed E-state index contributed by atoms with van der Waals surface area (Å²) in [4.78, 5) is 8.60. The normalized spacial score (nSPS) is 16.6. The van der Waals surface area contributed by atoms with E-state index in [9.17, 15) is 0 Å². The lowest BCUT2D eigenvalue weighted by atomic mass is 10.2. The highest BCUT2D eigenvalue weighted by Crippen LogP contribution is 2.30. The van der Waals surface area contributed by atoms with Gasteiger partial charge in [0.25, 0.3) is 0 Å². The Kier molecular flexibility index (Phi) is 5.15. The number of aromatic nitrogens is 1. The highest BCUT2D eigenvalue weighted by Gasteiger charge is 2.20. The number of hydrogen-bond donors (Lipinski definition) is 2. The molecule has 1 aliphatic rings. The van der Waals surface area contributed by atoms with Crippen LogP contribution in [0.25, 0.3) is 0 Å². The molecule has 3 rings (SSSR count). The Bertz CT molecular complexity index is 718. The Hall–Kier alpha value is -2.76. The predicted molar refractivity (Wildman–Crippen MR) is 93.5 cm³/mol. The lowest BCUT2D eigenvalue weighted by molar-refractivity contribution is 0.0936. The third-order valence-corrected chi connectivity index (χ3v) is 3.83. The SMILES string of the molecule is CN=C(NCc1ncccc1C)NCC1COc2ccccc2O1. The van der Waals surface area contributed by atoms with Crippen molar-refractivity contribution in [3.05, 3.63) is 53.9 Å². The molecular formula is C18H22N4O2. The first kappa shape index (κ1) is 16.1. The smallest absolute Gasteiger partial charge is 0.191 e. The number of para-hydroxylation sites is 2. The molecule has 0 bridgehead atoms. The summed E-state index contributed by atoms with van der Waals surface area (Å²) >= 11 is 0. The molecule has 0 saturated carbocycles.